The van der Waals surface area contributed by atoms with Crippen molar-refractivity contribution in [3.8, 4) is 11.5 Å². The topological polar surface area (TPSA) is 75.7 Å². The Labute approximate surface area is 176 Å². The SMILES string of the molecule is COc1ccccc1OCCNCC(O)COC1=CCCc2[nH]c3ccccc3c21. The van der Waals surface area contributed by atoms with Crippen LogP contribution in [0.4, 0.5) is 0 Å². The lowest BCUT2D eigenvalue weighted by Gasteiger charge is -2.19. The van der Waals surface area contributed by atoms with Crippen LogP contribution in [-0.4, -0.2) is 49.6 Å². The highest BCUT2D eigenvalue weighted by atomic mass is 16.5. The first-order chi connectivity index (χ1) is 14.8. The molecule has 3 aromatic rings. The van der Waals surface area contributed by atoms with E-state index in [2.05, 4.69) is 28.5 Å². The van der Waals surface area contributed by atoms with Gasteiger partial charge in [0.1, 0.15) is 25.1 Å². The van der Waals surface area contributed by atoms with Crippen molar-refractivity contribution in [2.24, 2.45) is 0 Å². The lowest BCUT2D eigenvalue weighted by molar-refractivity contribution is 0.0916. The van der Waals surface area contributed by atoms with Crippen molar-refractivity contribution in [1.82, 2.24) is 10.3 Å². The Hall–Kier alpha value is -2.96. The van der Waals surface area contributed by atoms with Crippen LogP contribution in [0.2, 0.25) is 0 Å². The summed E-state index contributed by atoms with van der Waals surface area (Å²) in [5.74, 6) is 2.28. The minimum absolute atomic E-state index is 0.241. The van der Waals surface area contributed by atoms with Crippen molar-refractivity contribution in [3.63, 3.8) is 0 Å². The summed E-state index contributed by atoms with van der Waals surface area (Å²) in [4.78, 5) is 3.49. The molecule has 1 heterocycles. The Balaban J connectivity index is 1.22. The van der Waals surface area contributed by atoms with Crippen molar-refractivity contribution < 1.29 is 19.3 Å². The third-order valence-electron chi connectivity index (χ3n) is 5.17. The Morgan fingerprint density at radius 3 is 2.73 bits per heavy atom. The number of H-pyrrole nitrogens is 1. The summed E-state index contributed by atoms with van der Waals surface area (Å²) in [5, 5.41) is 14.7. The number of aryl methyl sites for hydroxylation is 1. The zero-order valence-corrected chi connectivity index (χ0v) is 17.2. The summed E-state index contributed by atoms with van der Waals surface area (Å²) < 4.78 is 17.0. The molecule has 3 N–H and O–H groups in total. The quantitative estimate of drug-likeness (QED) is 0.448. The molecule has 0 saturated carbocycles. The van der Waals surface area contributed by atoms with Gasteiger partial charge in [-0.2, -0.15) is 0 Å². The van der Waals surface area contributed by atoms with E-state index in [0.29, 0.717) is 31.2 Å². The molecule has 6 nitrogen and oxygen atoms in total. The predicted molar refractivity (Wildman–Crippen MR) is 118 cm³/mol. The van der Waals surface area contributed by atoms with E-state index in [0.717, 1.165) is 29.7 Å². The molecule has 6 heteroatoms. The molecule has 0 aliphatic heterocycles. The normalized spacial score (nSPS) is 14.1. The van der Waals surface area contributed by atoms with E-state index in [1.807, 2.05) is 36.4 Å². The van der Waals surface area contributed by atoms with Crippen LogP contribution in [0, 0.1) is 0 Å². The number of aliphatic hydroxyl groups is 1. The second-order valence-corrected chi connectivity index (χ2v) is 7.30. The molecule has 30 heavy (non-hydrogen) atoms. The summed E-state index contributed by atoms with van der Waals surface area (Å²) in [7, 11) is 1.62. The predicted octanol–water partition coefficient (Wildman–Crippen LogP) is 3.51. The number of aromatic amines is 1. The molecule has 0 radical (unpaired) electrons. The molecule has 0 amide bonds. The van der Waals surface area contributed by atoms with Crippen molar-refractivity contribution >= 4 is 16.7 Å². The standard InChI is InChI=1S/C24H28N2O4/c1-28-21-10-4-5-11-22(21)29-14-13-25-15-17(27)16-30-23-12-6-9-20-24(23)18-7-2-3-8-19(18)26-20/h2-5,7-8,10-12,17,25-27H,6,9,13-16H2,1H3. The maximum atomic E-state index is 10.3. The number of methoxy groups -OCH3 is 1. The Morgan fingerprint density at radius 1 is 1.07 bits per heavy atom. The first-order valence-electron chi connectivity index (χ1n) is 10.3. The van der Waals surface area contributed by atoms with Crippen LogP contribution in [0.15, 0.2) is 54.6 Å². The number of ether oxygens (including phenoxy) is 3. The van der Waals surface area contributed by atoms with Gasteiger partial charge in [-0.3, -0.25) is 0 Å². The van der Waals surface area contributed by atoms with Gasteiger partial charge in [0.2, 0.25) is 0 Å². The highest BCUT2D eigenvalue weighted by Crippen LogP contribution is 2.34. The number of para-hydroxylation sites is 3. The zero-order chi connectivity index (χ0) is 20.8. The molecule has 1 aromatic heterocycles. The van der Waals surface area contributed by atoms with Crippen molar-refractivity contribution in [2.45, 2.75) is 18.9 Å². The summed E-state index contributed by atoms with van der Waals surface area (Å²) in [6.07, 6.45) is 3.42. The number of aromatic nitrogens is 1. The molecule has 1 aliphatic rings. The number of fused-ring (bicyclic) bond motifs is 3. The number of benzene rings is 2. The maximum Gasteiger partial charge on any atom is 0.161 e. The zero-order valence-electron chi connectivity index (χ0n) is 17.2. The fourth-order valence-electron chi connectivity index (χ4n) is 3.73. The summed E-state index contributed by atoms with van der Waals surface area (Å²) in [5.41, 5.74) is 3.45. The van der Waals surface area contributed by atoms with E-state index in [4.69, 9.17) is 14.2 Å². The molecule has 1 unspecified atom stereocenters. The Bertz CT molecular complexity index is 1010. The molecule has 2 aromatic carbocycles. The minimum Gasteiger partial charge on any atom is -0.493 e. The molecule has 0 saturated heterocycles. The average Bonchev–Trinajstić information content (AvgIpc) is 3.17. The van der Waals surface area contributed by atoms with Gasteiger partial charge in [-0.15, -0.1) is 0 Å². The van der Waals surface area contributed by atoms with Gasteiger partial charge in [0.25, 0.3) is 0 Å². The number of allylic oxidation sites excluding steroid dienone is 1. The van der Waals surface area contributed by atoms with Crippen LogP contribution < -0.4 is 14.8 Å². The third-order valence-corrected chi connectivity index (χ3v) is 5.17. The average molecular weight is 408 g/mol. The molecule has 4 rings (SSSR count). The van der Waals surface area contributed by atoms with Gasteiger partial charge in [0, 0.05) is 35.2 Å². The van der Waals surface area contributed by atoms with Gasteiger partial charge in [-0.1, -0.05) is 30.3 Å². The smallest absolute Gasteiger partial charge is 0.161 e. The second-order valence-electron chi connectivity index (χ2n) is 7.30. The maximum absolute atomic E-state index is 10.3. The van der Waals surface area contributed by atoms with Gasteiger partial charge in [-0.05, 0) is 37.1 Å². The molecular weight excluding hydrogens is 380 g/mol. The van der Waals surface area contributed by atoms with Gasteiger partial charge in [-0.25, -0.2) is 0 Å². The van der Waals surface area contributed by atoms with Gasteiger partial charge in [0.15, 0.2) is 11.5 Å². The fraction of sp³-hybridized carbons (Fsp3) is 0.333. The van der Waals surface area contributed by atoms with Crippen LogP contribution in [0.1, 0.15) is 17.7 Å². The summed E-state index contributed by atoms with van der Waals surface area (Å²) in [6, 6.07) is 15.8. The fourth-order valence-corrected chi connectivity index (χ4v) is 3.73. The van der Waals surface area contributed by atoms with E-state index < -0.39 is 6.10 Å². The van der Waals surface area contributed by atoms with Gasteiger partial charge < -0.3 is 29.6 Å². The van der Waals surface area contributed by atoms with E-state index in [1.165, 1.54) is 11.1 Å². The molecule has 0 fully saturated rings. The van der Waals surface area contributed by atoms with Gasteiger partial charge in [0.05, 0.1) is 7.11 Å². The molecular formula is C24H28N2O4. The van der Waals surface area contributed by atoms with Crippen molar-refractivity contribution in [1.29, 1.82) is 0 Å². The molecule has 0 bridgehead atoms. The largest absolute Gasteiger partial charge is 0.493 e. The first-order valence-corrected chi connectivity index (χ1v) is 10.3. The van der Waals surface area contributed by atoms with E-state index in [9.17, 15) is 5.11 Å². The van der Waals surface area contributed by atoms with E-state index in [-0.39, 0.29) is 6.61 Å². The van der Waals surface area contributed by atoms with Crippen LogP contribution in [-0.2, 0) is 11.2 Å². The number of hydrogen-bond donors (Lipinski definition) is 3. The Morgan fingerprint density at radius 2 is 1.87 bits per heavy atom. The van der Waals surface area contributed by atoms with Crippen molar-refractivity contribution in [3.05, 3.63) is 65.9 Å². The molecule has 1 atom stereocenters. The van der Waals surface area contributed by atoms with E-state index >= 15 is 0 Å². The van der Waals surface area contributed by atoms with Crippen LogP contribution in [0.3, 0.4) is 0 Å². The van der Waals surface area contributed by atoms with Crippen LogP contribution in [0.25, 0.3) is 16.7 Å². The highest BCUT2D eigenvalue weighted by molar-refractivity contribution is 5.93. The monoisotopic (exact) mass is 408 g/mol. The number of rotatable bonds is 10. The molecule has 0 spiro atoms. The number of hydrogen-bond acceptors (Lipinski definition) is 5. The first kappa shape index (κ1) is 20.3. The summed E-state index contributed by atoms with van der Waals surface area (Å²) >= 11 is 0. The van der Waals surface area contributed by atoms with Gasteiger partial charge >= 0.3 is 0 Å². The number of aliphatic hydroxyl groups excluding tert-OH is 1. The second kappa shape index (κ2) is 9.69. The van der Waals surface area contributed by atoms with Crippen LogP contribution >= 0.6 is 0 Å². The Kier molecular flexibility index (Phi) is 6.57. The molecule has 158 valence electrons. The third kappa shape index (κ3) is 4.61. The van der Waals surface area contributed by atoms with Crippen molar-refractivity contribution in [2.75, 3.05) is 33.4 Å². The summed E-state index contributed by atoms with van der Waals surface area (Å²) in [6.45, 7) is 1.77. The lowest BCUT2D eigenvalue weighted by atomic mass is 10.0. The number of nitrogens with one attached hydrogen (secondary N) is 2. The van der Waals surface area contributed by atoms with E-state index in [1.54, 1.807) is 7.11 Å². The lowest BCUT2D eigenvalue weighted by Crippen LogP contribution is -2.32. The molecule has 1 aliphatic carbocycles. The highest BCUT2D eigenvalue weighted by Gasteiger charge is 2.20. The minimum atomic E-state index is -0.604. The van der Waals surface area contributed by atoms with Crippen LogP contribution in [0.5, 0.6) is 11.5 Å².